The van der Waals surface area contributed by atoms with Gasteiger partial charge in [0.05, 0.1) is 11.8 Å². The maximum atomic E-state index is 13.3. The van der Waals surface area contributed by atoms with E-state index in [1.54, 1.807) is 6.92 Å². The van der Waals surface area contributed by atoms with Crippen LogP contribution in [0.3, 0.4) is 0 Å². The fraction of sp³-hybridized carbons (Fsp3) is 0.500. The van der Waals surface area contributed by atoms with Crippen LogP contribution in [0.4, 0.5) is 10.2 Å². The van der Waals surface area contributed by atoms with Gasteiger partial charge in [-0.05, 0) is 33.8 Å². The minimum absolute atomic E-state index is 0.0231. The molecule has 1 rings (SSSR count). The molecule has 0 aliphatic rings. The SMILES string of the molecule is CCNc1ncc(F)cc1C(=O)NC(C)C(=O)NC(C)C. The van der Waals surface area contributed by atoms with Crippen molar-refractivity contribution in [2.75, 3.05) is 11.9 Å². The minimum Gasteiger partial charge on any atom is -0.370 e. The summed E-state index contributed by atoms with van der Waals surface area (Å²) in [7, 11) is 0. The molecule has 0 aliphatic heterocycles. The zero-order valence-corrected chi connectivity index (χ0v) is 12.7. The zero-order valence-electron chi connectivity index (χ0n) is 12.7. The predicted molar refractivity (Wildman–Crippen MR) is 78.6 cm³/mol. The molecule has 116 valence electrons. The highest BCUT2D eigenvalue weighted by Crippen LogP contribution is 2.13. The number of aromatic nitrogens is 1. The van der Waals surface area contributed by atoms with Gasteiger partial charge in [-0.25, -0.2) is 9.37 Å². The van der Waals surface area contributed by atoms with Gasteiger partial charge in [-0.2, -0.15) is 0 Å². The van der Waals surface area contributed by atoms with E-state index in [9.17, 15) is 14.0 Å². The van der Waals surface area contributed by atoms with Gasteiger partial charge in [0.1, 0.15) is 17.7 Å². The van der Waals surface area contributed by atoms with E-state index >= 15 is 0 Å². The first kappa shape index (κ1) is 16.9. The summed E-state index contributed by atoms with van der Waals surface area (Å²) in [6.07, 6.45) is 1.03. The molecule has 0 saturated carbocycles. The Balaban J connectivity index is 2.83. The van der Waals surface area contributed by atoms with Gasteiger partial charge in [0.15, 0.2) is 0 Å². The van der Waals surface area contributed by atoms with Gasteiger partial charge >= 0.3 is 0 Å². The average molecular weight is 296 g/mol. The largest absolute Gasteiger partial charge is 0.370 e. The highest BCUT2D eigenvalue weighted by molar-refractivity contribution is 6.01. The lowest BCUT2D eigenvalue weighted by Crippen LogP contribution is -2.46. The van der Waals surface area contributed by atoms with Crippen molar-refractivity contribution in [3.63, 3.8) is 0 Å². The van der Waals surface area contributed by atoms with Crippen LogP contribution in [-0.2, 0) is 4.79 Å². The molecule has 1 aromatic heterocycles. The number of carbonyl (C=O) groups excluding carboxylic acids is 2. The summed E-state index contributed by atoms with van der Waals surface area (Å²) in [5.74, 6) is -1.17. The first-order valence-corrected chi connectivity index (χ1v) is 6.85. The number of rotatable bonds is 6. The lowest BCUT2D eigenvalue weighted by molar-refractivity contribution is -0.123. The van der Waals surface area contributed by atoms with Crippen LogP contribution in [-0.4, -0.2) is 35.4 Å². The second-order valence-corrected chi connectivity index (χ2v) is 4.94. The van der Waals surface area contributed by atoms with Gasteiger partial charge < -0.3 is 16.0 Å². The summed E-state index contributed by atoms with van der Waals surface area (Å²) in [6.45, 7) is 7.60. The third-order valence-electron chi connectivity index (χ3n) is 2.61. The monoisotopic (exact) mass is 296 g/mol. The van der Waals surface area contributed by atoms with Crippen molar-refractivity contribution in [3.8, 4) is 0 Å². The third-order valence-corrected chi connectivity index (χ3v) is 2.61. The summed E-state index contributed by atoms with van der Waals surface area (Å²) in [5, 5.41) is 8.10. The standard InChI is InChI=1S/C14H21FN4O2/c1-5-16-12-11(6-10(15)7-17-12)14(21)19-9(4)13(20)18-8(2)3/h6-9H,5H2,1-4H3,(H,16,17)(H,18,20)(H,19,21). The molecule has 0 saturated heterocycles. The molecule has 1 aromatic rings. The zero-order chi connectivity index (χ0) is 16.0. The van der Waals surface area contributed by atoms with Crippen molar-refractivity contribution >= 4 is 17.6 Å². The van der Waals surface area contributed by atoms with Gasteiger partial charge in [-0.3, -0.25) is 9.59 Å². The van der Waals surface area contributed by atoms with E-state index in [-0.39, 0.29) is 23.3 Å². The maximum absolute atomic E-state index is 13.3. The quantitative estimate of drug-likeness (QED) is 0.739. The Morgan fingerprint density at radius 1 is 1.29 bits per heavy atom. The molecule has 0 aliphatic carbocycles. The average Bonchev–Trinajstić information content (AvgIpc) is 2.40. The van der Waals surface area contributed by atoms with Crippen molar-refractivity contribution in [3.05, 3.63) is 23.6 Å². The number of carbonyl (C=O) groups is 2. The smallest absolute Gasteiger partial charge is 0.255 e. The van der Waals surface area contributed by atoms with E-state index < -0.39 is 17.8 Å². The minimum atomic E-state index is -0.724. The Hall–Kier alpha value is -2.18. The Morgan fingerprint density at radius 3 is 2.52 bits per heavy atom. The second-order valence-electron chi connectivity index (χ2n) is 4.94. The van der Waals surface area contributed by atoms with Crippen molar-refractivity contribution in [1.82, 2.24) is 15.6 Å². The number of halogens is 1. The van der Waals surface area contributed by atoms with Crippen LogP contribution in [0.25, 0.3) is 0 Å². The van der Waals surface area contributed by atoms with Crippen LogP contribution in [0.5, 0.6) is 0 Å². The first-order valence-electron chi connectivity index (χ1n) is 6.85. The van der Waals surface area contributed by atoms with E-state index in [1.165, 1.54) is 0 Å². The molecule has 0 radical (unpaired) electrons. The third kappa shape index (κ3) is 5.02. The van der Waals surface area contributed by atoms with E-state index in [0.717, 1.165) is 12.3 Å². The number of hydrogen-bond acceptors (Lipinski definition) is 4. The lowest BCUT2D eigenvalue weighted by Gasteiger charge is -2.17. The molecule has 0 bridgehead atoms. The van der Waals surface area contributed by atoms with Crippen LogP contribution in [0.2, 0.25) is 0 Å². The van der Waals surface area contributed by atoms with Crippen molar-refractivity contribution in [1.29, 1.82) is 0 Å². The summed E-state index contributed by atoms with van der Waals surface area (Å²) < 4.78 is 13.3. The molecule has 6 nitrogen and oxygen atoms in total. The molecule has 0 aromatic carbocycles. The molecule has 3 N–H and O–H groups in total. The van der Waals surface area contributed by atoms with E-state index in [2.05, 4.69) is 20.9 Å². The van der Waals surface area contributed by atoms with Crippen LogP contribution < -0.4 is 16.0 Å². The van der Waals surface area contributed by atoms with Crippen LogP contribution in [0.15, 0.2) is 12.3 Å². The van der Waals surface area contributed by atoms with Gasteiger partial charge in [-0.15, -0.1) is 0 Å². The van der Waals surface area contributed by atoms with Gasteiger partial charge in [0, 0.05) is 12.6 Å². The maximum Gasteiger partial charge on any atom is 0.255 e. The molecule has 1 atom stereocenters. The summed E-state index contributed by atoms with van der Waals surface area (Å²) in [4.78, 5) is 27.8. The summed E-state index contributed by atoms with van der Waals surface area (Å²) in [5.41, 5.74) is 0.0704. The van der Waals surface area contributed by atoms with Crippen LogP contribution >= 0.6 is 0 Å². The van der Waals surface area contributed by atoms with Crippen molar-refractivity contribution < 1.29 is 14.0 Å². The van der Waals surface area contributed by atoms with Gasteiger partial charge in [0.25, 0.3) is 5.91 Å². The Bertz CT molecular complexity index is 520. The fourth-order valence-corrected chi connectivity index (χ4v) is 1.67. The molecule has 21 heavy (non-hydrogen) atoms. The van der Waals surface area contributed by atoms with E-state index in [1.807, 2.05) is 20.8 Å². The van der Waals surface area contributed by atoms with Crippen molar-refractivity contribution in [2.45, 2.75) is 39.8 Å². The van der Waals surface area contributed by atoms with E-state index in [0.29, 0.717) is 6.54 Å². The molecule has 2 amide bonds. The van der Waals surface area contributed by atoms with Crippen molar-refractivity contribution in [2.24, 2.45) is 0 Å². The van der Waals surface area contributed by atoms with Gasteiger partial charge in [0.2, 0.25) is 5.91 Å². The number of nitrogens with zero attached hydrogens (tertiary/aromatic N) is 1. The Labute approximate surface area is 123 Å². The van der Waals surface area contributed by atoms with Crippen LogP contribution in [0, 0.1) is 5.82 Å². The van der Waals surface area contributed by atoms with Gasteiger partial charge in [-0.1, -0.05) is 0 Å². The van der Waals surface area contributed by atoms with E-state index in [4.69, 9.17) is 0 Å². The Kier molecular flexibility index (Phi) is 6.08. The first-order chi connectivity index (χ1) is 9.85. The molecular formula is C14H21FN4O2. The predicted octanol–water partition coefficient (Wildman–Crippen LogP) is 1.30. The molecular weight excluding hydrogens is 275 g/mol. The van der Waals surface area contributed by atoms with Crippen LogP contribution in [0.1, 0.15) is 38.1 Å². The molecule has 1 unspecified atom stereocenters. The number of nitrogens with one attached hydrogen (secondary N) is 3. The number of anilines is 1. The Morgan fingerprint density at radius 2 is 1.95 bits per heavy atom. The number of hydrogen-bond donors (Lipinski definition) is 3. The summed E-state index contributed by atoms with van der Waals surface area (Å²) in [6, 6.07) is 0.343. The number of pyridine rings is 1. The highest BCUT2D eigenvalue weighted by atomic mass is 19.1. The number of amides is 2. The highest BCUT2D eigenvalue weighted by Gasteiger charge is 2.20. The molecule has 0 spiro atoms. The topological polar surface area (TPSA) is 83.1 Å². The fourth-order valence-electron chi connectivity index (χ4n) is 1.67. The molecule has 0 fully saturated rings. The second kappa shape index (κ2) is 7.56. The molecule has 1 heterocycles. The summed E-state index contributed by atoms with van der Waals surface area (Å²) >= 11 is 0. The lowest BCUT2D eigenvalue weighted by atomic mass is 10.2. The molecule has 7 heteroatoms. The normalized spacial score (nSPS) is 11.9.